The van der Waals surface area contributed by atoms with Gasteiger partial charge in [-0.25, -0.2) is 0 Å². The van der Waals surface area contributed by atoms with E-state index in [9.17, 15) is 10.1 Å². The summed E-state index contributed by atoms with van der Waals surface area (Å²) in [6.45, 7) is 1.87. The van der Waals surface area contributed by atoms with E-state index in [1.165, 1.54) is 6.07 Å². The van der Waals surface area contributed by atoms with Gasteiger partial charge >= 0.3 is 0 Å². The molecule has 2 aromatic rings. The predicted molar refractivity (Wildman–Crippen MR) is 74.4 cm³/mol. The molecule has 1 aromatic carbocycles. The van der Waals surface area contributed by atoms with E-state index < -0.39 is 4.92 Å². The van der Waals surface area contributed by atoms with Crippen molar-refractivity contribution in [2.24, 2.45) is 0 Å². The zero-order chi connectivity index (χ0) is 13.8. The van der Waals surface area contributed by atoms with Gasteiger partial charge in [-0.15, -0.1) is 0 Å². The smallest absolute Gasteiger partial charge is 0.293 e. The molecule has 0 bridgehead atoms. The van der Waals surface area contributed by atoms with E-state index in [1.54, 1.807) is 18.3 Å². The number of nitrogens with one attached hydrogen (secondary N) is 1. The average Bonchev–Trinajstić information content (AvgIpc) is 2.41. The fourth-order valence-electron chi connectivity index (χ4n) is 1.73. The van der Waals surface area contributed by atoms with E-state index in [-0.39, 0.29) is 11.7 Å². The molecular formula is C13H12ClN3O2. The van der Waals surface area contributed by atoms with Crippen LogP contribution in [0.2, 0.25) is 5.02 Å². The number of benzene rings is 1. The van der Waals surface area contributed by atoms with Crippen LogP contribution >= 0.6 is 11.6 Å². The highest BCUT2D eigenvalue weighted by Crippen LogP contribution is 2.34. The normalized spacial score (nSPS) is 11.9. The average molecular weight is 278 g/mol. The Balaban J connectivity index is 2.31. The predicted octanol–water partition coefficient (Wildman–Crippen LogP) is 3.82. The second kappa shape index (κ2) is 5.67. The highest BCUT2D eigenvalue weighted by atomic mass is 35.5. The van der Waals surface area contributed by atoms with Crippen LogP contribution in [0.25, 0.3) is 0 Å². The lowest BCUT2D eigenvalue weighted by Crippen LogP contribution is -2.10. The summed E-state index contributed by atoms with van der Waals surface area (Å²) in [6, 6.07) is 9.92. The standard InChI is InChI=1S/C13H12ClN3O2/c1-9(11-6-2-3-8-15-11)16-13-10(14)5-4-7-12(13)17(18)19/h2-9,16H,1H3. The van der Waals surface area contributed by atoms with Gasteiger partial charge in [0, 0.05) is 12.3 Å². The number of aromatic nitrogens is 1. The summed E-state index contributed by atoms with van der Waals surface area (Å²) < 4.78 is 0. The van der Waals surface area contributed by atoms with Gasteiger partial charge in [-0.2, -0.15) is 0 Å². The molecule has 0 aliphatic rings. The van der Waals surface area contributed by atoms with Gasteiger partial charge in [0.1, 0.15) is 5.69 Å². The first-order valence-electron chi connectivity index (χ1n) is 5.70. The molecule has 0 amide bonds. The lowest BCUT2D eigenvalue weighted by Gasteiger charge is -2.15. The lowest BCUT2D eigenvalue weighted by molar-refractivity contribution is -0.384. The molecule has 1 N–H and O–H groups in total. The van der Waals surface area contributed by atoms with Crippen molar-refractivity contribution in [3.05, 3.63) is 63.4 Å². The van der Waals surface area contributed by atoms with Gasteiger partial charge in [0.2, 0.25) is 0 Å². The zero-order valence-electron chi connectivity index (χ0n) is 10.2. The first-order chi connectivity index (χ1) is 9.09. The summed E-state index contributed by atoms with van der Waals surface area (Å²) in [6.07, 6.45) is 1.68. The summed E-state index contributed by atoms with van der Waals surface area (Å²) in [4.78, 5) is 14.7. The molecule has 0 radical (unpaired) electrons. The number of nitrogens with zero attached hydrogens (tertiary/aromatic N) is 2. The Hall–Kier alpha value is -2.14. The SMILES string of the molecule is CC(Nc1c(Cl)cccc1[N+](=O)[O-])c1ccccn1. The lowest BCUT2D eigenvalue weighted by atomic mass is 10.2. The minimum Gasteiger partial charge on any atom is -0.370 e. The molecule has 0 spiro atoms. The highest BCUT2D eigenvalue weighted by Gasteiger charge is 2.19. The number of para-hydroxylation sites is 1. The monoisotopic (exact) mass is 277 g/mol. The van der Waals surface area contributed by atoms with Crippen LogP contribution in [0.3, 0.4) is 0 Å². The summed E-state index contributed by atoms with van der Waals surface area (Å²) in [5.74, 6) is 0. The van der Waals surface area contributed by atoms with Gasteiger partial charge in [0.05, 0.1) is 21.7 Å². The van der Waals surface area contributed by atoms with Crippen LogP contribution in [-0.2, 0) is 0 Å². The van der Waals surface area contributed by atoms with Crippen LogP contribution in [0.4, 0.5) is 11.4 Å². The molecule has 0 aliphatic heterocycles. The summed E-state index contributed by atoms with van der Waals surface area (Å²) in [7, 11) is 0. The molecule has 19 heavy (non-hydrogen) atoms. The van der Waals surface area contributed by atoms with Gasteiger partial charge in [0.25, 0.3) is 5.69 Å². The largest absolute Gasteiger partial charge is 0.370 e. The molecule has 0 fully saturated rings. The van der Waals surface area contributed by atoms with Gasteiger partial charge in [0.15, 0.2) is 0 Å². The molecule has 2 rings (SSSR count). The number of pyridine rings is 1. The van der Waals surface area contributed by atoms with Crippen LogP contribution in [0.5, 0.6) is 0 Å². The third-order valence-electron chi connectivity index (χ3n) is 2.68. The maximum absolute atomic E-state index is 11.0. The molecule has 6 heteroatoms. The van der Waals surface area contributed by atoms with E-state index in [4.69, 9.17) is 11.6 Å². The first kappa shape index (κ1) is 13.3. The second-order valence-electron chi connectivity index (χ2n) is 4.01. The van der Waals surface area contributed by atoms with Crippen LogP contribution < -0.4 is 5.32 Å². The van der Waals surface area contributed by atoms with Gasteiger partial charge in [-0.1, -0.05) is 23.7 Å². The van der Waals surface area contributed by atoms with Crippen LogP contribution in [-0.4, -0.2) is 9.91 Å². The van der Waals surface area contributed by atoms with Crippen molar-refractivity contribution in [3.63, 3.8) is 0 Å². The Morgan fingerprint density at radius 1 is 1.32 bits per heavy atom. The van der Waals surface area contributed by atoms with Crippen LogP contribution in [0.15, 0.2) is 42.6 Å². The van der Waals surface area contributed by atoms with Gasteiger partial charge in [-0.05, 0) is 25.1 Å². The number of hydrogen-bond acceptors (Lipinski definition) is 4. The van der Waals surface area contributed by atoms with Crippen molar-refractivity contribution in [1.82, 2.24) is 4.98 Å². The fraction of sp³-hybridized carbons (Fsp3) is 0.154. The summed E-state index contributed by atoms with van der Waals surface area (Å²) >= 11 is 6.02. The van der Waals surface area contributed by atoms with Crippen molar-refractivity contribution >= 4 is 23.0 Å². The van der Waals surface area contributed by atoms with Crippen molar-refractivity contribution in [1.29, 1.82) is 0 Å². The number of nitro benzene ring substituents is 1. The molecule has 5 nitrogen and oxygen atoms in total. The number of halogens is 1. The number of anilines is 1. The van der Waals surface area contributed by atoms with Crippen molar-refractivity contribution < 1.29 is 4.92 Å². The van der Waals surface area contributed by atoms with Crippen LogP contribution in [0, 0.1) is 10.1 Å². The van der Waals surface area contributed by atoms with E-state index in [1.807, 2.05) is 25.1 Å². The Labute approximate surface area is 115 Å². The van der Waals surface area contributed by atoms with E-state index in [0.29, 0.717) is 10.7 Å². The molecule has 98 valence electrons. The Morgan fingerprint density at radius 3 is 2.74 bits per heavy atom. The maximum Gasteiger partial charge on any atom is 0.293 e. The fourth-order valence-corrected chi connectivity index (χ4v) is 1.95. The van der Waals surface area contributed by atoms with E-state index in [2.05, 4.69) is 10.3 Å². The third kappa shape index (κ3) is 3.00. The number of nitro groups is 1. The summed E-state index contributed by atoms with van der Waals surface area (Å²) in [5.41, 5.74) is 1.05. The number of hydrogen-bond donors (Lipinski definition) is 1. The van der Waals surface area contributed by atoms with Gasteiger partial charge < -0.3 is 5.32 Å². The molecule has 1 heterocycles. The number of rotatable bonds is 4. The van der Waals surface area contributed by atoms with Gasteiger partial charge in [-0.3, -0.25) is 15.1 Å². The third-order valence-corrected chi connectivity index (χ3v) is 3.00. The molecule has 1 unspecified atom stereocenters. The zero-order valence-corrected chi connectivity index (χ0v) is 11.0. The second-order valence-corrected chi connectivity index (χ2v) is 4.42. The van der Waals surface area contributed by atoms with Crippen molar-refractivity contribution in [2.75, 3.05) is 5.32 Å². The minimum absolute atomic E-state index is 0.0460. The molecule has 1 atom stereocenters. The first-order valence-corrected chi connectivity index (χ1v) is 6.07. The minimum atomic E-state index is -0.459. The van der Waals surface area contributed by atoms with Crippen molar-refractivity contribution in [3.8, 4) is 0 Å². The molecule has 0 saturated carbocycles. The Bertz CT molecular complexity index is 590. The highest BCUT2D eigenvalue weighted by molar-refractivity contribution is 6.33. The summed E-state index contributed by atoms with van der Waals surface area (Å²) in [5, 5.41) is 14.3. The van der Waals surface area contributed by atoms with E-state index in [0.717, 1.165) is 5.69 Å². The quantitative estimate of drug-likeness (QED) is 0.681. The molecular weight excluding hydrogens is 266 g/mol. The molecule has 0 saturated heterocycles. The van der Waals surface area contributed by atoms with E-state index >= 15 is 0 Å². The topological polar surface area (TPSA) is 68.1 Å². The molecule has 0 aliphatic carbocycles. The molecule has 1 aromatic heterocycles. The Kier molecular flexibility index (Phi) is 3.97. The maximum atomic E-state index is 11.0. The van der Waals surface area contributed by atoms with Crippen molar-refractivity contribution in [2.45, 2.75) is 13.0 Å². The Morgan fingerprint density at radius 2 is 2.11 bits per heavy atom. The van der Waals surface area contributed by atoms with Crippen LogP contribution in [0.1, 0.15) is 18.7 Å².